The van der Waals surface area contributed by atoms with Gasteiger partial charge in [-0.3, -0.25) is 14.9 Å². The highest BCUT2D eigenvalue weighted by molar-refractivity contribution is 7.14. The van der Waals surface area contributed by atoms with Crippen LogP contribution in [0.15, 0.2) is 48.4 Å². The summed E-state index contributed by atoms with van der Waals surface area (Å²) in [7, 11) is 0. The number of nitrogens with zero attached hydrogens (tertiary/aromatic N) is 1. The Morgan fingerprint density at radius 3 is 2.70 bits per heavy atom. The van der Waals surface area contributed by atoms with Gasteiger partial charge < -0.3 is 5.32 Å². The molecular weight excluding hydrogens is 274 g/mol. The van der Waals surface area contributed by atoms with E-state index in [9.17, 15) is 9.59 Å². The molecule has 0 radical (unpaired) electrons. The van der Waals surface area contributed by atoms with Crippen LogP contribution < -0.4 is 10.6 Å². The third kappa shape index (κ3) is 3.52. The average molecular weight is 287 g/mol. The molecule has 0 fully saturated rings. The standard InChI is InChI=1S/C14H13N3O2S/c1-2-8-15-13(19)11-9-20-14(16-11)17-12(18)10-6-4-3-5-7-10/h2-7,9H,1,8H2,(H,15,19)(H,16,17,18). The van der Waals surface area contributed by atoms with E-state index >= 15 is 0 Å². The van der Waals surface area contributed by atoms with Gasteiger partial charge in [0.1, 0.15) is 5.69 Å². The maximum atomic E-state index is 11.9. The fourth-order valence-corrected chi connectivity index (χ4v) is 2.14. The number of thiazole rings is 1. The Morgan fingerprint density at radius 1 is 1.25 bits per heavy atom. The van der Waals surface area contributed by atoms with Crippen molar-refractivity contribution in [1.82, 2.24) is 10.3 Å². The van der Waals surface area contributed by atoms with Crippen molar-refractivity contribution in [3.05, 3.63) is 59.6 Å². The highest BCUT2D eigenvalue weighted by Gasteiger charge is 2.12. The first-order chi connectivity index (χ1) is 9.70. The van der Waals surface area contributed by atoms with Crippen LogP contribution in [0.2, 0.25) is 0 Å². The topological polar surface area (TPSA) is 71.1 Å². The number of aromatic nitrogens is 1. The molecule has 6 heteroatoms. The van der Waals surface area contributed by atoms with Crippen LogP contribution in [0.4, 0.5) is 5.13 Å². The van der Waals surface area contributed by atoms with Crippen LogP contribution in [-0.2, 0) is 0 Å². The first-order valence-corrected chi connectivity index (χ1v) is 6.79. The van der Waals surface area contributed by atoms with Gasteiger partial charge >= 0.3 is 0 Å². The van der Waals surface area contributed by atoms with Gasteiger partial charge in [0.15, 0.2) is 5.13 Å². The van der Waals surface area contributed by atoms with Crippen LogP contribution in [0.5, 0.6) is 0 Å². The van der Waals surface area contributed by atoms with E-state index in [0.717, 1.165) is 0 Å². The maximum Gasteiger partial charge on any atom is 0.271 e. The van der Waals surface area contributed by atoms with E-state index in [2.05, 4.69) is 22.2 Å². The average Bonchev–Trinajstić information content (AvgIpc) is 2.94. The molecule has 0 atom stereocenters. The predicted molar refractivity (Wildman–Crippen MR) is 79.0 cm³/mol. The summed E-state index contributed by atoms with van der Waals surface area (Å²) in [6.07, 6.45) is 1.59. The molecule has 0 bridgehead atoms. The number of rotatable bonds is 5. The van der Waals surface area contributed by atoms with Crippen LogP contribution in [-0.4, -0.2) is 23.3 Å². The van der Waals surface area contributed by atoms with Crippen LogP contribution in [0, 0.1) is 0 Å². The lowest BCUT2D eigenvalue weighted by molar-refractivity contribution is 0.0952. The summed E-state index contributed by atoms with van der Waals surface area (Å²) in [4.78, 5) is 27.6. The molecule has 2 aromatic rings. The second-order valence-electron chi connectivity index (χ2n) is 3.86. The summed E-state index contributed by atoms with van der Waals surface area (Å²) >= 11 is 1.20. The van der Waals surface area contributed by atoms with E-state index in [1.54, 1.807) is 35.7 Å². The Bertz CT molecular complexity index is 622. The van der Waals surface area contributed by atoms with Gasteiger partial charge in [-0.2, -0.15) is 0 Å². The Kier molecular flexibility index (Phi) is 4.62. The number of hydrogen-bond donors (Lipinski definition) is 2. The molecule has 2 amide bonds. The molecule has 1 aromatic heterocycles. The summed E-state index contributed by atoms with van der Waals surface area (Å²) in [5.74, 6) is -0.542. The van der Waals surface area contributed by atoms with E-state index in [0.29, 0.717) is 17.2 Å². The predicted octanol–water partition coefficient (Wildman–Crippen LogP) is 2.31. The fourth-order valence-electron chi connectivity index (χ4n) is 1.45. The largest absolute Gasteiger partial charge is 0.347 e. The van der Waals surface area contributed by atoms with Crippen molar-refractivity contribution >= 4 is 28.3 Å². The third-order valence-corrected chi connectivity index (χ3v) is 3.16. The summed E-state index contributed by atoms with van der Waals surface area (Å²) in [5, 5.41) is 7.27. The Morgan fingerprint density at radius 2 is 2.00 bits per heavy atom. The van der Waals surface area contributed by atoms with Gasteiger partial charge in [0.25, 0.3) is 11.8 Å². The molecule has 0 aliphatic heterocycles. The van der Waals surface area contributed by atoms with Crippen molar-refractivity contribution in [2.45, 2.75) is 0 Å². The Hall–Kier alpha value is -2.47. The minimum Gasteiger partial charge on any atom is -0.347 e. The molecule has 5 nitrogen and oxygen atoms in total. The van der Waals surface area contributed by atoms with Crippen LogP contribution in [0.3, 0.4) is 0 Å². The highest BCUT2D eigenvalue weighted by Crippen LogP contribution is 2.16. The van der Waals surface area contributed by atoms with E-state index in [-0.39, 0.29) is 17.5 Å². The lowest BCUT2D eigenvalue weighted by Crippen LogP contribution is -2.23. The molecule has 0 saturated heterocycles. The van der Waals surface area contributed by atoms with Gasteiger partial charge in [0, 0.05) is 17.5 Å². The molecule has 2 rings (SSSR count). The van der Waals surface area contributed by atoms with Crippen LogP contribution >= 0.6 is 11.3 Å². The zero-order valence-electron chi connectivity index (χ0n) is 10.6. The van der Waals surface area contributed by atoms with Crippen molar-refractivity contribution in [2.75, 3.05) is 11.9 Å². The molecule has 0 saturated carbocycles. The lowest BCUT2D eigenvalue weighted by atomic mass is 10.2. The molecule has 1 aromatic carbocycles. The fraction of sp³-hybridized carbons (Fsp3) is 0.0714. The number of benzene rings is 1. The van der Waals surface area contributed by atoms with Crippen molar-refractivity contribution < 1.29 is 9.59 Å². The molecule has 1 heterocycles. The van der Waals surface area contributed by atoms with E-state index < -0.39 is 0 Å². The minimum atomic E-state index is -0.290. The van der Waals surface area contributed by atoms with Crippen molar-refractivity contribution in [3.8, 4) is 0 Å². The van der Waals surface area contributed by atoms with Gasteiger partial charge in [0.2, 0.25) is 0 Å². The van der Waals surface area contributed by atoms with E-state index in [1.165, 1.54) is 11.3 Å². The summed E-state index contributed by atoms with van der Waals surface area (Å²) in [6, 6.07) is 8.82. The first-order valence-electron chi connectivity index (χ1n) is 5.91. The smallest absolute Gasteiger partial charge is 0.271 e. The highest BCUT2D eigenvalue weighted by atomic mass is 32.1. The Balaban J connectivity index is 2.01. The van der Waals surface area contributed by atoms with E-state index in [1.807, 2.05) is 6.07 Å². The SMILES string of the molecule is C=CCNC(=O)c1csc(NC(=O)c2ccccc2)n1. The zero-order valence-corrected chi connectivity index (χ0v) is 11.4. The number of hydrogen-bond acceptors (Lipinski definition) is 4. The number of anilines is 1. The molecular formula is C14H13N3O2S. The molecule has 102 valence electrons. The van der Waals surface area contributed by atoms with Gasteiger partial charge in [-0.25, -0.2) is 4.98 Å². The minimum absolute atomic E-state index is 0.252. The van der Waals surface area contributed by atoms with Gasteiger partial charge in [-0.05, 0) is 12.1 Å². The summed E-state index contributed by atoms with van der Waals surface area (Å²) in [5.41, 5.74) is 0.820. The van der Waals surface area contributed by atoms with Gasteiger partial charge in [-0.15, -0.1) is 17.9 Å². The second kappa shape index (κ2) is 6.63. The number of carbonyl (C=O) groups is 2. The molecule has 0 aliphatic carbocycles. The molecule has 2 N–H and O–H groups in total. The molecule has 0 unspecified atom stereocenters. The normalized spacial score (nSPS) is 9.80. The van der Waals surface area contributed by atoms with Gasteiger partial charge in [0.05, 0.1) is 0 Å². The molecule has 0 aliphatic rings. The number of carbonyl (C=O) groups excluding carboxylic acids is 2. The van der Waals surface area contributed by atoms with Crippen LogP contribution in [0.1, 0.15) is 20.8 Å². The van der Waals surface area contributed by atoms with Crippen molar-refractivity contribution in [3.63, 3.8) is 0 Å². The Labute approximate surface area is 120 Å². The maximum absolute atomic E-state index is 11.9. The second-order valence-corrected chi connectivity index (χ2v) is 4.71. The quantitative estimate of drug-likeness (QED) is 0.829. The van der Waals surface area contributed by atoms with Crippen molar-refractivity contribution in [1.29, 1.82) is 0 Å². The number of amides is 2. The molecule has 0 spiro atoms. The molecule has 20 heavy (non-hydrogen) atoms. The third-order valence-electron chi connectivity index (χ3n) is 2.40. The summed E-state index contributed by atoms with van der Waals surface area (Å²) in [6.45, 7) is 3.89. The van der Waals surface area contributed by atoms with Gasteiger partial charge in [-0.1, -0.05) is 24.3 Å². The summed E-state index contributed by atoms with van der Waals surface area (Å²) < 4.78 is 0. The first kappa shape index (κ1) is 14.0. The van der Waals surface area contributed by atoms with Crippen LogP contribution in [0.25, 0.3) is 0 Å². The monoisotopic (exact) mass is 287 g/mol. The number of nitrogens with one attached hydrogen (secondary N) is 2. The lowest BCUT2D eigenvalue weighted by Gasteiger charge is -2.01. The van der Waals surface area contributed by atoms with E-state index in [4.69, 9.17) is 0 Å². The zero-order chi connectivity index (χ0) is 14.4. The van der Waals surface area contributed by atoms with Crippen molar-refractivity contribution in [2.24, 2.45) is 0 Å².